The van der Waals surface area contributed by atoms with Crippen LogP contribution in [0.3, 0.4) is 0 Å². The van der Waals surface area contributed by atoms with Gasteiger partial charge in [-0.1, -0.05) is 6.92 Å². The molecule has 0 amide bonds. The summed E-state index contributed by atoms with van der Waals surface area (Å²) in [5, 5.41) is 11.7. The molecule has 0 unspecified atom stereocenters. The van der Waals surface area contributed by atoms with Crippen molar-refractivity contribution >= 4 is 0 Å². The molecule has 0 radical (unpaired) electrons. The number of allylic oxidation sites excluding steroid dienone is 1. The average Bonchev–Trinajstić information content (AvgIpc) is 2.15. The van der Waals surface area contributed by atoms with E-state index in [0.29, 0.717) is 19.8 Å². The molecule has 0 rings (SSSR count). The van der Waals surface area contributed by atoms with E-state index < -0.39 is 0 Å². The molecule has 0 aliphatic carbocycles. The third kappa shape index (κ3) is 9.80. The Morgan fingerprint density at radius 1 is 1.31 bits per heavy atom. The van der Waals surface area contributed by atoms with Gasteiger partial charge in [0.05, 0.1) is 19.8 Å². The van der Waals surface area contributed by atoms with E-state index in [0.717, 1.165) is 12.3 Å². The van der Waals surface area contributed by atoms with Crippen LogP contribution < -0.4 is 5.32 Å². The second-order valence-corrected chi connectivity index (χ2v) is 4.45. The molecule has 0 aromatic heterocycles. The van der Waals surface area contributed by atoms with Crippen LogP contribution in [0, 0.1) is 0 Å². The van der Waals surface area contributed by atoms with Crippen LogP contribution in [0.5, 0.6) is 0 Å². The predicted molar refractivity (Wildman–Crippen MR) is 65.1 cm³/mol. The quantitative estimate of drug-likeness (QED) is 0.492. The third-order valence-electron chi connectivity index (χ3n) is 1.59. The van der Waals surface area contributed by atoms with Gasteiger partial charge in [-0.15, -0.1) is 0 Å². The fourth-order valence-electron chi connectivity index (χ4n) is 1.08. The van der Waals surface area contributed by atoms with Gasteiger partial charge in [0.1, 0.15) is 5.60 Å². The van der Waals surface area contributed by atoms with Crippen molar-refractivity contribution in [1.82, 2.24) is 5.32 Å². The van der Waals surface area contributed by atoms with Gasteiger partial charge >= 0.3 is 0 Å². The highest BCUT2D eigenvalue weighted by Gasteiger charge is 2.12. The predicted octanol–water partition coefficient (Wildman–Crippen LogP) is 1.65. The minimum Gasteiger partial charge on any atom is -0.474 e. The van der Waals surface area contributed by atoms with Crippen molar-refractivity contribution in [3.8, 4) is 0 Å². The van der Waals surface area contributed by atoms with E-state index in [-0.39, 0.29) is 12.2 Å². The van der Waals surface area contributed by atoms with Crippen molar-refractivity contribution < 1.29 is 14.6 Å². The van der Waals surface area contributed by atoms with E-state index >= 15 is 0 Å². The van der Waals surface area contributed by atoms with E-state index in [2.05, 4.69) is 12.2 Å². The molecule has 0 spiro atoms. The maximum absolute atomic E-state index is 8.53. The van der Waals surface area contributed by atoms with E-state index in [1.807, 2.05) is 26.8 Å². The molecule has 0 saturated heterocycles. The van der Waals surface area contributed by atoms with Gasteiger partial charge in [0.2, 0.25) is 0 Å². The number of ether oxygens (including phenoxy) is 2. The Kier molecular flexibility index (Phi) is 8.03. The molecule has 0 saturated carbocycles. The summed E-state index contributed by atoms with van der Waals surface area (Å²) in [7, 11) is 0. The Balaban J connectivity index is 3.83. The van der Waals surface area contributed by atoms with Gasteiger partial charge in [-0.2, -0.15) is 0 Å². The van der Waals surface area contributed by atoms with Crippen molar-refractivity contribution in [3.05, 3.63) is 12.0 Å². The highest BCUT2D eigenvalue weighted by atomic mass is 16.5. The van der Waals surface area contributed by atoms with Gasteiger partial charge in [-0.3, -0.25) is 0 Å². The second-order valence-electron chi connectivity index (χ2n) is 4.45. The monoisotopic (exact) mass is 231 g/mol. The summed E-state index contributed by atoms with van der Waals surface area (Å²) >= 11 is 0. The molecule has 4 heteroatoms. The van der Waals surface area contributed by atoms with Crippen LogP contribution in [0.2, 0.25) is 0 Å². The molecule has 0 atom stereocenters. The van der Waals surface area contributed by atoms with E-state index in [4.69, 9.17) is 14.6 Å². The van der Waals surface area contributed by atoms with Gasteiger partial charge in [-0.25, -0.2) is 0 Å². The standard InChI is InChI=1S/C12H25NO3/c1-5-6-11(16-12(2,3)4)13-7-9-15-10-8-14/h6,13-14H,5,7-10H2,1-4H3. The van der Waals surface area contributed by atoms with Crippen molar-refractivity contribution in [1.29, 1.82) is 0 Å². The smallest absolute Gasteiger partial charge is 0.183 e. The lowest BCUT2D eigenvalue weighted by Gasteiger charge is -2.24. The topological polar surface area (TPSA) is 50.7 Å². The fourth-order valence-corrected chi connectivity index (χ4v) is 1.08. The van der Waals surface area contributed by atoms with E-state index in [1.54, 1.807) is 0 Å². The maximum Gasteiger partial charge on any atom is 0.183 e. The molecule has 0 aromatic carbocycles. The first-order valence-electron chi connectivity index (χ1n) is 5.81. The largest absolute Gasteiger partial charge is 0.474 e. The number of hydrogen-bond donors (Lipinski definition) is 2. The molecule has 0 aliphatic heterocycles. The molecular formula is C12H25NO3. The summed E-state index contributed by atoms with van der Waals surface area (Å²) in [4.78, 5) is 0. The van der Waals surface area contributed by atoms with Crippen LogP contribution in [0.25, 0.3) is 0 Å². The molecule has 2 N–H and O–H groups in total. The molecule has 0 bridgehead atoms. The molecular weight excluding hydrogens is 206 g/mol. The van der Waals surface area contributed by atoms with Crippen LogP contribution in [-0.2, 0) is 9.47 Å². The lowest BCUT2D eigenvalue weighted by atomic mass is 10.2. The summed E-state index contributed by atoms with van der Waals surface area (Å²) in [6.07, 6.45) is 2.94. The van der Waals surface area contributed by atoms with Crippen LogP contribution in [-0.4, -0.2) is 37.1 Å². The first-order chi connectivity index (χ1) is 7.49. The Bertz CT molecular complexity index is 197. The molecule has 0 aliphatic rings. The van der Waals surface area contributed by atoms with Gasteiger partial charge in [0, 0.05) is 6.54 Å². The number of rotatable bonds is 8. The minimum atomic E-state index is -0.194. The van der Waals surface area contributed by atoms with E-state index in [1.165, 1.54) is 0 Å². The Hall–Kier alpha value is -0.740. The first kappa shape index (κ1) is 15.3. The van der Waals surface area contributed by atoms with Gasteiger partial charge < -0.3 is 19.9 Å². The number of hydrogen-bond acceptors (Lipinski definition) is 4. The summed E-state index contributed by atoms with van der Waals surface area (Å²) in [6.45, 7) is 9.80. The lowest BCUT2D eigenvalue weighted by Crippen LogP contribution is -2.28. The molecule has 96 valence electrons. The highest BCUT2D eigenvalue weighted by Crippen LogP contribution is 2.11. The Labute approximate surface area is 98.6 Å². The third-order valence-corrected chi connectivity index (χ3v) is 1.59. The van der Waals surface area contributed by atoms with Crippen LogP contribution >= 0.6 is 0 Å². The summed E-state index contributed by atoms with van der Waals surface area (Å²) in [6, 6.07) is 0. The second kappa shape index (κ2) is 8.42. The van der Waals surface area contributed by atoms with Crippen molar-refractivity contribution in [2.24, 2.45) is 0 Å². The first-order valence-corrected chi connectivity index (χ1v) is 5.81. The summed E-state index contributed by atoms with van der Waals surface area (Å²) in [5.74, 6) is 0.794. The van der Waals surface area contributed by atoms with Crippen LogP contribution in [0.1, 0.15) is 34.1 Å². The summed E-state index contributed by atoms with van der Waals surface area (Å²) in [5.41, 5.74) is -0.194. The van der Waals surface area contributed by atoms with Gasteiger partial charge in [-0.05, 0) is 33.3 Å². The van der Waals surface area contributed by atoms with Crippen molar-refractivity contribution in [3.63, 3.8) is 0 Å². The van der Waals surface area contributed by atoms with Gasteiger partial charge in [0.25, 0.3) is 0 Å². The van der Waals surface area contributed by atoms with Gasteiger partial charge in [0.15, 0.2) is 5.88 Å². The molecule has 4 nitrogen and oxygen atoms in total. The van der Waals surface area contributed by atoms with Crippen LogP contribution in [0.15, 0.2) is 12.0 Å². The maximum atomic E-state index is 8.53. The number of aliphatic hydroxyl groups is 1. The summed E-state index contributed by atoms with van der Waals surface area (Å²) < 4.78 is 10.9. The molecule has 0 aromatic rings. The molecule has 16 heavy (non-hydrogen) atoms. The minimum absolute atomic E-state index is 0.0656. The SMILES string of the molecule is CCC=C(NCCOCCO)OC(C)(C)C. The number of nitrogens with one attached hydrogen (secondary N) is 1. The fraction of sp³-hybridized carbons (Fsp3) is 0.833. The number of aliphatic hydroxyl groups excluding tert-OH is 1. The Morgan fingerprint density at radius 3 is 2.50 bits per heavy atom. The zero-order valence-corrected chi connectivity index (χ0v) is 10.9. The van der Waals surface area contributed by atoms with E-state index in [9.17, 15) is 0 Å². The lowest BCUT2D eigenvalue weighted by molar-refractivity contribution is 0.0353. The average molecular weight is 231 g/mol. The molecule has 0 fully saturated rings. The zero-order chi connectivity index (χ0) is 12.4. The zero-order valence-electron chi connectivity index (χ0n) is 10.9. The Morgan fingerprint density at radius 2 is 2.00 bits per heavy atom. The van der Waals surface area contributed by atoms with Crippen molar-refractivity contribution in [2.45, 2.75) is 39.7 Å². The molecule has 0 heterocycles. The normalized spacial score (nSPS) is 12.7. The van der Waals surface area contributed by atoms with Crippen molar-refractivity contribution in [2.75, 3.05) is 26.4 Å². The van der Waals surface area contributed by atoms with Crippen LogP contribution in [0.4, 0.5) is 0 Å². The highest BCUT2D eigenvalue weighted by molar-refractivity contribution is 4.91.